The summed E-state index contributed by atoms with van der Waals surface area (Å²) in [5.41, 5.74) is 4.25. The van der Waals surface area contributed by atoms with Gasteiger partial charge >= 0.3 is 12.2 Å². The van der Waals surface area contributed by atoms with E-state index < -0.39 is 18.8 Å². The molecule has 1 unspecified atom stereocenters. The van der Waals surface area contributed by atoms with Crippen molar-refractivity contribution in [1.82, 2.24) is 44.7 Å². The van der Waals surface area contributed by atoms with Gasteiger partial charge in [-0.3, -0.25) is 9.89 Å². The Morgan fingerprint density at radius 3 is 2.50 bits per heavy atom. The molecule has 1 amide bonds. The van der Waals surface area contributed by atoms with Crippen LogP contribution in [0.1, 0.15) is 68.5 Å². The number of alkyl halides is 3. The number of carbonyl (C=O) groups excluding carboxylic acids is 1. The van der Waals surface area contributed by atoms with E-state index in [1.807, 2.05) is 30.9 Å². The van der Waals surface area contributed by atoms with Crippen LogP contribution in [-0.2, 0) is 9.53 Å². The van der Waals surface area contributed by atoms with Gasteiger partial charge in [-0.15, -0.1) is 0 Å². The van der Waals surface area contributed by atoms with Crippen molar-refractivity contribution in [2.45, 2.75) is 76.6 Å². The molecule has 14 nitrogen and oxygen atoms in total. The number of likely N-dealkylation sites (tertiary alicyclic amines) is 2. The van der Waals surface area contributed by atoms with Gasteiger partial charge in [-0.05, 0) is 87.1 Å². The van der Waals surface area contributed by atoms with E-state index >= 15 is 0 Å². The molecule has 9 rings (SSSR count). The summed E-state index contributed by atoms with van der Waals surface area (Å²) in [6, 6.07) is 5.67. The van der Waals surface area contributed by atoms with E-state index in [4.69, 9.17) is 24.2 Å². The van der Waals surface area contributed by atoms with E-state index in [1.54, 1.807) is 24.3 Å². The number of hydrogen-bond donors (Lipinski definition) is 1. The summed E-state index contributed by atoms with van der Waals surface area (Å²) in [6.45, 7) is 8.05. The van der Waals surface area contributed by atoms with Gasteiger partial charge in [-0.25, -0.2) is 9.67 Å². The number of nitrogens with zero attached hydrogens (tertiary/aromatic N) is 9. The van der Waals surface area contributed by atoms with E-state index in [9.17, 15) is 18.0 Å². The molecule has 308 valence electrons. The number of hydrogen-bond acceptors (Lipinski definition) is 11. The quantitative estimate of drug-likeness (QED) is 0.157. The van der Waals surface area contributed by atoms with Crippen LogP contribution in [0.5, 0.6) is 11.8 Å². The second-order valence-corrected chi connectivity index (χ2v) is 16.5. The number of H-pyrrole nitrogens is 1. The van der Waals surface area contributed by atoms with Crippen molar-refractivity contribution in [1.29, 1.82) is 0 Å². The van der Waals surface area contributed by atoms with Crippen molar-refractivity contribution in [2.75, 3.05) is 71.0 Å². The highest BCUT2D eigenvalue weighted by Crippen LogP contribution is 2.53. The number of anilines is 1. The molecule has 17 heteroatoms. The lowest BCUT2D eigenvalue weighted by Gasteiger charge is -2.54. The Morgan fingerprint density at radius 1 is 1.03 bits per heavy atom. The fraction of sp³-hybridized carbons (Fsp3) is 0.561. The van der Waals surface area contributed by atoms with Crippen LogP contribution in [0, 0.1) is 12.3 Å². The van der Waals surface area contributed by atoms with E-state index in [0.717, 1.165) is 85.8 Å². The molecule has 1 spiro atoms. The van der Waals surface area contributed by atoms with Gasteiger partial charge in [-0.2, -0.15) is 33.3 Å². The Morgan fingerprint density at radius 2 is 1.81 bits per heavy atom. The monoisotopic (exact) mass is 802 g/mol. The number of aromatic amines is 1. The lowest BCUT2D eigenvalue weighted by Crippen LogP contribution is -2.62. The summed E-state index contributed by atoms with van der Waals surface area (Å²) in [6.07, 6.45) is 4.92. The highest BCUT2D eigenvalue weighted by molar-refractivity contribution is 6.06. The SMILES string of the molecule is COCCN1CCC(Oc2nc(N3CCC4(CC3)CN(C(=O)C(C)n3cncn3)C4)c3cc(C4CC4)c(-c4c(C)ccc5[nH]ncc45)c(OCC(F)(F)F)c3n2)CC1. The number of piperidine rings is 2. The molecule has 3 saturated heterocycles. The largest absolute Gasteiger partial charge is 0.481 e. The molecule has 1 atom stereocenters. The van der Waals surface area contributed by atoms with Crippen LogP contribution in [0.3, 0.4) is 0 Å². The number of aromatic nitrogens is 7. The second kappa shape index (κ2) is 15.3. The highest BCUT2D eigenvalue weighted by Gasteiger charge is 2.48. The minimum atomic E-state index is -4.59. The first-order valence-corrected chi connectivity index (χ1v) is 20.3. The molecule has 1 saturated carbocycles. The van der Waals surface area contributed by atoms with Crippen LogP contribution in [-0.4, -0.2) is 129 Å². The maximum Gasteiger partial charge on any atom is 0.422 e. The smallest absolute Gasteiger partial charge is 0.422 e. The van der Waals surface area contributed by atoms with Crippen LogP contribution in [0.4, 0.5) is 19.0 Å². The summed E-state index contributed by atoms with van der Waals surface area (Å²) in [5.74, 6) is 0.870. The van der Waals surface area contributed by atoms with Gasteiger partial charge in [0.25, 0.3) is 0 Å². The number of carbonyl (C=O) groups is 1. The highest BCUT2D eigenvalue weighted by atomic mass is 19.4. The topological polar surface area (TPSA) is 140 Å². The van der Waals surface area contributed by atoms with Crippen LogP contribution in [0.15, 0.2) is 37.1 Å². The van der Waals surface area contributed by atoms with Crippen LogP contribution in [0.25, 0.3) is 32.9 Å². The summed E-state index contributed by atoms with van der Waals surface area (Å²) in [4.78, 5) is 33.8. The number of methoxy groups -OCH3 is 1. The van der Waals surface area contributed by atoms with Crippen molar-refractivity contribution in [3.8, 4) is 22.9 Å². The van der Waals surface area contributed by atoms with Crippen molar-refractivity contribution < 1.29 is 32.2 Å². The van der Waals surface area contributed by atoms with Crippen LogP contribution < -0.4 is 14.4 Å². The van der Waals surface area contributed by atoms with Crippen molar-refractivity contribution >= 4 is 33.5 Å². The van der Waals surface area contributed by atoms with Gasteiger partial charge in [0.1, 0.15) is 36.1 Å². The molecule has 5 aromatic rings. The lowest BCUT2D eigenvalue weighted by molar-refractivity contribution is -0.153. The van der Waals surface area contributed by atoms with Crippen LogP contribution >= 0.6 is 0 Å². The Kier molecular flexibility index (Phi) is 10.1. The molecule has 4 fully saturated rings. The molecule has 6 heterocycles. The number of benzene rings is 2. The number of fused-ring (bicyclic) bond motifs is 2. The standard InChI is InChI=1S/C41H49F3N10O4/c1-25-4-7-32-31(19-46-50-32)33(25)34-29(27-5-6-27)18-30-35(36(34)57-22-41(42,43)44)48-39(58-28-8-12-51(13-9-28)16-17-56-3)49-37(30)52-14-10-40(11-15-52)20-53(21-40)38(55)26(2)54-24-45-23-47-54/h4,7,18-19,23-24,26-28H,5-6,8-17,20-22H2,1-3H3,(H,46,50). The molecular formula is C41H49F3N10O4. The van der Waals surface area contributed by atoms with Gasteiger partial charge < -0.3 is 28.9 Å². The summed E-state index contributed by atoms with van der Waals surface area (Å²) < 4.78 is 61.9. The van der Waals surface area contributed by atoms with Gasteiger partial charge in [0.15, 0.2) is 12.4 Å². The third kappa shape index (κ3) is 7.53. The van der Waals surface area contributed by atoms with E-state index in [-0.39, 0.29) is 35.1 Å². The molecular weight excluding hydrogens is 754 g/mol. The van der Waals surface area contributed by atoms with Crippen molar-refractivity contribution in [3.05, 3.63) is 48.2 Å². The number of ether oxygens (including phenoxy) is 3. The number of rotatable bonds is 12. The molecule has 4 aliphatic rings. The average Bonchev–Trinajstić information content (AvgIpc) is 3.67. The Labute approximate surface area is 334 Å². The summed E-state index contributed by atoms with van der Waals surface area (Å²) in [5, 5.41) is 12.9. The minimum absolute atomic E-state index is 0.0165. The first kappa shape index (κ1) is 38.5. The molecule has 0 radical (unpaired) electrons. The zero-order valence-electron chi connectivity index (χ0n) is 33.1. The normalized spacial score (nSPS) is 19.6. The third-order valence-electron chi connectivity index (χ3n) is 12.5. The van der Waals surface area contributed by atoms with Gasteiger partial charge in [0.05, 0.1) is 18.3 Å². The number of nitrogens with one attached hydrogen (secondary N) is 1. The number of aryl methyl sites for hydroxylation is 1. The molecule has 2 aromatic carbocycles. The molecule has 3 aliphatic heterocycles. The molecule has 1 aliphatic carbocycles. The van der Waals surface area contributed by atoms with Crippen molar-refractivity contribution in [3.63, 3.8) is 0 Å². The minimum Gasteiger partial charge on any atom is -0.481 e. The first-order chi connectivity index (χ1) is 28.0. The summed E-state index contributed by atoms with van der Waals surface area (Å²) in [7, 11) is 1.69. The molecule has 1 N–H and O–H groups in total. The zero-order valence-corrected chi connectivity index (χ0v) is 33.1. The van der Waals surface area contributed by atoms with E-state index in [2.05, 4.69) is 36.1 Å². The van der Waals surface area contributed by atoms with E-state index in [0.29, 0.717) is 55.1 Å². The maximum absolute atomic E-state index is 14.2. The maximum atomic E-state index is 14.2. The molecule has 0 bridgehead atoms. The van der Waals surface area contributed by atoms with Gasteiger partial charge in [-0.1, -0.05) is 6.07 Å². The number of halogens is 3. The Hall–Kier alpha value is -5.03. The molecule has 58 heavy (non-hydrogen) atoms. The number of amides is 1. The van der Waals surface area contributed by atoms with Gasteiger partial charge in [0, 0.05) is 74.7 Å². The predicted octanol–water partition coefficient (Wildman–Crippen LogP) is 6.07. The van der Waals surface area contributed by atoms with Crippen LogP contribution in [0.2, 0.25) is 0 Å². The van der Waals surface area contributed by atoms with Crippen molar-refractivity contribution in [2.24, 2.45) is 5.41 Å². The first-order valence-electron chi connectivity index (χ1n) is 20.3. The third-order valence-corrected chi connectivity index (χ3v) is 12.5. The van der Waals surface area contributed by atoms with E-state index in [1.165, 1.54) is 6.33 Å². The molecule has 3 aromatic heterocycles. The fourth-order valence-corrected chi connectivity index (χ4v) is 9.08. The predicted molar refractivity (Wildman–Crippen MR) is 210 cm³/mol. The average molecular weight is 803 g/mol. The summed E-state index contributed by atoms with van der Waals surface area (Å²) >= 11 is 0. The Bertz CT molecular complexity index is 2270. The van der Waals surface area contributed by atoms with Gasteiger partial charge in [0.2, 0.25) is 5.91 Å². The fourth-order valence-electron chi connectivity index (χ4n) is 9.08. The lowest BCUT2D eigenvalue weighted by atomic mass is 9.71. The second-order valence-electron chi connectivity index (χ2n) is 16.5. The zero-order chi connectivity index (χ0) is 40.2. The Balaban J connectivity index is 1.10.